The molecule has 2 saturated heterocycles. The lowest BCUT2D eigenvalue weighted by Crippen LogP contribution is -2.48. The summed E-state index contributed by atoms with van der Waals surface area (Å²) in [6, 6.07) is 14.1. The maximum Gasteiger partial charge on any atom is 0.337 e. The predicted octanol–water partition coefficient (Wildman–Crippen LogP) is 5.76. The molecule has 0 aliphatic carbocycles. The normalized spacial score (nSPS) is 13.9. The molecule has 272 valence electrons. The Morgan fingerprint density at radius 3 is 1.63 bits per heavy atom. The van der Waals surface area contributed by atoms with E-state index in [4.69, 9.17) is 14.2 Å². The molecular formula is C36H53IN4O8. The Balaban J connectivity index is 0.000000303. The summed E-state index contributed by atoms with van der Waals surface area (Å²) >= 11 is 2.39. The van der Waals surface area contributed by atoms with Gasteiger partial charge < -0.3 is 39.0 Å². The molecule has 0 atom stereocenters. The van der Waals surface area contributed by atoms with Gasteiger partial charge in [0, 0.05) is 45.8 Å². The second kappa shape index (κ2) is 24.7. The number of methoxy groups -OCH3 is 2. The first-order valence-electron chi connectivity index (χ1n) is 16.9. The maximum absolute atomic E-state index is 12.8. The molecule has 1 N–H and O–H groups in total. The van der Waals surface area contributed by atoms with Crippen LogP contribution in [0.5, 0.6) is 0 Å². The third-order valence-corrected chi connectivity index (χ3v) is 8.45. The molecule has 2 aliphatic rings. The average molecular weight is 797 g/mol. The lowest BCUT2D eigenvalue weighted by Gasteiger charge is -2.33. The largest absolute Gasteiger partial charge is 0.465 e. The van der Waals surface area contributed by atoms with E-state index in [2.05, 4.69) is 46.5 Å². The summed E-state index contributed by atoms with van der Waals surface area (Å²) in [5.41, 5.74) is 2.94. The van der Waals surface area contributed by atoms with Crippen LogP contribution in [0.25, 0.3) is 0 Å². The monoisotopic (exact) mass is 796 g/mol. The van der Waals surface area contributed by atoms with Crippen LogP contribution < -0.4 is 5.32 Å². The zero-order chi connectivity index (χ0) is 35.9. The molecule has 2 aromatic carbocycles. The van der Waals surface area contributed by atoms with E-state index in [0.717, 1.165) is 30.5 Å². The number of morpholine rings is 2. The number of amides is 4. The number of hydrogen-bond donors (Lipinski definition) is 1. The van der Waals surface area contributed by atoms with Crippen molar-refractivity contribution in [2.45, 2.75) is 52.6 Å². The fraction of sp³-hybridized carbons (Fsp3) is 0.556. The Labute approximate surface area is 304 Å². The van der Waals surface area contributed by atoms with Crippen LogP contribution in [-0.2, 0) is 32.0 Å². The molecule has 0 spiro atoms. The van der Waals surface area contributed by atoms with E-state index in [1.807, 2.05) is 21.9 Å². The molecule has 0 aromatic heterocycles. The van der Waals surface area contributed by atoms with Crippen LogP contribution in [0.1, 0.15) is 71.4 Å². The van der Waals surface area contributed by atoms with Crippen molar-refractivity contribution in [2.24, 2.45) is 0 Å². The van der Waals surface area contributed by atoms with E-state index >= 15 is 0 Å². The SMILES string of the molecule is CCCCI.CCCCN(Cc1ccc(C(=O)OC)cc1)C(=O)N1CCOCC1.COC(=O)c1ccc(CNC(=O)N2CCOCC2)cc1. The fourth-order valence-corrected chi connectivity index (χ4v) is 5.46. The van der Waals surface area contributed by atoms with Crippen LogP contribution in [0.4, 0.5) is 9.59 Å². The van der Waals surface area contributed by atoms with Crippen molar-refractivity contribution in [2.75, 3.05) is 77.8 Å². The molecule has 4 amide bonds. The van der Waals surface area contributed by atoms with Gasteiger partial charge in [-0.25, -0.2) is 19.2 Å². The molecule has 4 rings (SSSR count). The fourth-order valence-electron chi connectivity index (χ4n) is 4.70. The van der Waals surface area contributed by atoms with E-state index in [1.54, 1.807) is 41.3 Å². The molecular weight excluding hydrogens is 743 g/mol. The Morgan fingerprint density at radius 1 is 0.735 bits per heavy atom. The Kier molecular flexibility index (Phi) is 21.0. The van der Waals surface area contributed by atoms with Crippen molar-refractivity contribution in [1.82, 2.24) is 20.0 Å². The first-order valence-corrected chi connectivity index (χ1v) is 18.4. The number of nitrogens with zero attached hydrogens (tertiary/aromatic N) is 3. The summed E-state index contributed by atoms with van der Waals surface area (Å²) in [7, 11) is 2.71. The van der Waals surface area contributed by atoms with Gasteiger partial charge in [0.15, 0.2) is 0 Å². The number of carbonyl (C=O) groups is 4. The van der Waals surface area contributed by atoms with Gasteiger partial charge >= 0.3 is 24.0 Å². The highest BCUT2D eigenvalue weighted by Crippen LogP contribution is 2.13. The van der Waals surface area contributed by atoms with Gasteiger partial charge in [-0.2, -0.15) is 0 Å². The number of urea groups is 2. The van der Waals surface area contributed by atoms with Crippen molar-refractivity contribution in [3.63, 3.8) is 0 Å². The van der Waals surface area contributed by atoms with E-state index in [1.165, 1.54) is 31.5 Å². The van der Waals surface area contributed by atoms with Gasteiger partial charge in [-0.1, -0.05) is 73.5 Å². The zero-order valence-corrected chi connectivity index (χ0v) is 31.6. The number of carbonyl (C=O) groups excluding carboxylic acids is 4. The molecule has 0 saturated carbocycles. The minimum atomic E-state index is -0.367. The van der Waals surface area contributed by atoms with Crippen molar-refractivity contribution < 1.29 is 38.1 Å². The highest BCUT2D eigenvalue weighted by molar-refractivity contribution is 14.1. The molecule has 13 heteroatoms. The number of nitrogens with one attached hydrogen (secondary N) is 1. The van der Waals surface area contributed by atoms with Gasteiger partial charge in [0.05, 0.1) is 51.8 Å². The molecule has 12 nitrogen and oxygen atoms in total. The average Bonchev–Trinajstić information content (AvgIpc) is 3.16. The molecule has 2 aliphatic heterocycles. The maximum atomic E-state index is 12.8. The zero-order valence-electron chi connectivity index (χ0n) is 29.4. The highest BCUT2D eigenvalue weighted by Gasteiger charge is 2.23. The number of rotatable bonds is 11. The first kappa shape index (κ1) is 41.7. The Morgan fingerprint density at radius 2 is 1.20 bits per heavy atom. The smallest absolute Gasteiger partial charge is 0.337 e. The van der Waals surface area contributed by atoms with E-state index in [-0.39, 0.29) is 24.0 Å². The molecule has 2 aromatic rings. The summed E-state index contributed by atoms with van der Waals surface area (Å²) in [5.74, 6) is -0.720. The lowest BCUT2D eigenvalue weighted by atomic mass is 10.1. The summed E-state index contributed by atoms with van der Waals surface area (Å²) in [4.78, 5) is 52.9. The number of benzene rings is 2. The summed E-state index contributed by atoms with van der Waals surface area (Å²) in [5, 5.41) is 2.85. The molecule has 2 fully saturated rings. The predicted molar refractivity (Wildman–Crippen MR) is 197 cm³/mol. The molecule has 0 radical (unpaired) electrons. The Bertz CT molecular complexity index is 1250. The minimum Gasteiger partial charge on any atom is -0.465 e. The lowest BCUT2D eigenvalue weighted by molar-refractivity contribution is 0.0425. The Hall–Kier alpha value is -3.43. The highest BCUT2D eigenvalue weighted by atomic mass is 127. The standard InChI is InChI=1S/C18H26N2O4.C14H18N2O4.C4H9I/c1-3-4-9-20(18(22)19-10-12-24-13-11-19)14-15-5-7-16(8-6-15)17(21)23-2;1-19-13(17)12-4-2-11(3-5-12)10-15-14(18)16-6-8-20-9-7-16;1-2-3-4-5/h5-8H,3-4,9-14H2,1-2H3;2-5H,6-10H2,1H3,(H,15,18);2-4H2,1H3. The number of hydrogen-bond acceptors (Lipinski definition) is 8. The van der Waals surface area contributed by atoms with Gasteiger partial charge in [-0.3, -0.25) is 0 Å². The number of esters is 2. The van der Waals surface area contributed by atoms with Crippen molar-refractivity contribution in [3.8, 4) is 0 Å². The van der Waals surface area contributed by atoms with E-state index < -0.39 is 0 Å². The topological polar surface area (TPSA) is 127 Å². The van der Waals surface area contributed by atoms with Gasteiger partial charge in [-0.05, 0) is 52.7 Å². The van der Waals surface area contributed by atoms with Gasteiger partial charge in [0.25, 0.3) is 0 Å². The van der Waals surface area contributed by atoms with Gasteiger partial charge in [-0.15, -0.1) is 0 Å². The quantitative estimate of drug-likeness (QED) is 0.173. The summed E-state index contributed by atoms with van der Waals surface area (Å²) in [6.45, 7) is 10.9. The van der Waals surface area contributed by atoms with Crippen molar-refractivity contribution in [3.05, 3.63) is 70.8 Å². The third kappa shape index (κ3) is 15.8. The van der Waals surface area contributed by atoms with Gasteiger partial charge in [0.1, 0.15) is 0 Å². The van der Waals surface area contributed by atoms with Crippen molar-refractivity contribution in [1.29, 1.82) is 0 Å². The summed E-state index contributed by atoms with van der Waals surface area (Å²) < 4.78 is 21.2. The third-order valence-electron chi connectivity index (χ3n) is 7.69. The van der Waals surface area contributed by atoms with Crippen LogP contribution in [0.2, 0.25) is 0 Å². The van der Waals surface area contributed by atoms with Gasteiger partial charge in [0.2, 0.25) is 0 Å². The summed E-state index contributed by atoms with van der Waals surface area (Å²) in [6.07, 6.45) is 4.72. The number of unbranched alkanes of at least 4 members (excludes halogenated alkanes) is 2. The number of halogens is 1. The van der Waals surface area contributed by atoms with Crippen molar-refractivity contribution >= 4 is 46.6 Å². The van der Waals surface area contributed by atoms with Crippen LogP contribution in [0.15, 0.2) is 48.5 Å². The number of ether oxygens (including phenoxy) is 4. The molecule has 49 heavy (non-hydrogen) atoms. The van der Waals surface area contributed by atoms with E-state index in [9.17, 15) is 19.2 Å². The first-order chi connectivity index (χ1) is 23.8. The van der Waals surface area contributed by atoms with E-state index in [0.29, 0.717) is 76.8 Å². The minimum absolute atomic E-state index is 0.0591. The number of alkyl halides is 1. The molecule has 0 unspecified atom stereocenters. The van der Waals surface area contributed by atoms with Crippen LogP contribution in [-0.4, -0.2) is 116 Å². The second-order valence-electron chi connectivity index (χ2n) is 11.3. The molecule has 0 bridgehead atoms. The van der Waals surface area contributed by atoms with Crippen LogP contribution in [0.3, 0.4) is 0 Å². The molecule has 2 heterocycles. The second-order valence-corrected chi connectivity index (χ2v) is 12.4. The van der Waals surface area contributed by atoms with Crippen LogP contribution >= 0.6 is 22.6 Å². The van der Waals surface area contributed by atoms with Crippen LogP contribution in [0, 0.1) is 0 Å².